The lowest BCUT2D eigenvalue weighted by Crippen LogP contribution is -2.15. The van der Waals surface area contributed by atoms with Gasteiger partial charge in [-0.05, 0) is 17.0 Å². The van der Waals surface area contributed by atoms with Crippen molar-refractivity contribution < 1.29 is 14.4 Å². The Hall–Kier alpha value is -1.58. The summed E-state index contributed by atoms with van der Waals surface area (Å²) in [6.45, 7) is 5.69. The number of nitrogens with one attached hydrogen (secondary N) is 1. The van der Waals surface area contributed by atoms with E-state index in [-0.39, 0.29) is 16.7 Å². The lowest BCUT2D eigenvalue weighted by atomic mass is 9.84. The number of carboxylic acid groups (broad SMARTS) is 1. The molecular formula is C11H14FNO2. The Morgan fingerprint density at radius 1 is 1.40 bits per heavy atom. The number of carbonyl (C=O) groups is 1. The highest BCUT2D eigenvalue weighted by molar-refractivity contribution is 5.95. The number of aromatic carboxylic acids is 1. The second-order valence-corrected chi connectivity index (χ2v) is 4.38. The van der Waals surface area contributed by atoms with E-state index in [1.54, 1.807) is 12.1 Å². The van der Waals surface area contributed by atoms with Gasteiger partial charge in [-0.2, -0.15) is 0 Å². The fraction of sp³-hybridized carbons (Fsp3) is 0.364. The molecule has 0 aliphatic rings. The van der Waals surface area contributed by atoms with Gasteiger partial charge in [0.25, 0.3) is 0 Å². The van der Waals surface area contributed by atoms with Crippen molar-refractivity contribution in [3.05, 3.63) is 29.3 Å². The lowest BCUT2D eigenvalue weighted by Gasteiger charge is -2.22. The Labute approximate surface area is 87.9 Å². The van der Waals surface area contributed by atoms with E-state index in [0.29, 0.717) is 5.56 Å². The normalized spacial score (nSPS) is 11.2. The standard InChI is InChI=1S/C11H14FNO2/c1-11(2,3)8-6-4-5-7(10(14)15)9(8)13-12/h4-6,13H,1-3H3,(H,14,15). The first-order chi connectivity index (χ1) is 6.88. The van der Waals surface area contributed by atoms with Crippen molar-refractivity contribution >= 4 is 11.7 Å². The van der Waals surface area contributed by atoms with Crippen molar-refractivity contribution in [3.63, 3.8) is 0 Å². The van der Waals surface area contributed by atoms with Crippen LogP contribution < -0.4 is 5.54 Å². The maximum absolute atomic E-state index is 12.6. The highest BCUT2D eigenvalue weighted by Gasteiger charge is 2.22. The summed E-state index contributed by atoms with van der Waals surface area (Å²) >= 11 is 0. The first-order valence-electron chi connectivity index (χ1n) is 4.61. The van der Waals surface area contributed by atoms with Gasteiger partial charge in [0.15, 0.2) is 0 Å². The fourth-order valence-corrected chi connectivity index (χ4v) is 1.46. The molecule has 0 radical (unpaired) electrons. The van der Waals surface area contributed by atoms with Crippen LogP contribution in [0.3, 0.4) is 0 Å². The van der Waals surface area contributed by atoms with Gasteiger partial charge >= 0.3 is 5.97 Å². The Balaban J connectivity index is 3.42. The van der Waals surface area contributed by atoms with Crippen LogP contribution >= 0.6 is 0 Å². The summed E-state index contributed by atoms with van der Waals surface area (Å²) in [7, 11) is 0. The van der Waals surface area contributed by atoms with Crippen LogP contribution in [0.15, 0.2) is 18.2 Å². The number of rotatable bonds is 2. The monoisotopic (exact) mass is 211 g/mol. The van der Waals surface area contributed by atoms with E-state index < -0.39 is 5.97 Å². The minimum absolute atomic E-state index is 0.0394. The lowest BCUT2D eigenvalue weighted by molar-refractivity contribution is 0.0697. The van der Waals surface area contributed by atoms with Crippen molar-refractivity contribution in [1.82, 2.24) is 0 Å². The molecule has 0 fully saturated rings. The number of benzene rings is 1. The Bertz CT molecular complexity index is 383. The molecule has 0 saturated carbocycles. The summed E-state index contributed by atoms with van der Waals surface area (Å²) in [6, 6.07) is 4.71. The van der Waals surface area contributed by atoms with E-state index in [1.807, 2.05) is 20.8 Å². The second kappa shape index (κ2) is 3.88. The van der Waals surface area contributed by atoms with Gasteiger partial charge in [0.1, 0.15) is 0 Å². The molecule has 3 nitrogen and oxygen atoms in total. The van der Waals surface area contributed by atoms with E-state index in [2.05, 4.69) is 0 Å². The van der Waals surface area contributed by atoms with Gasteiger partial charge in [0, 0.05) is 0 Å². The van der Waals surface area contributed by atoms with Crippen LogP contribution in [0.2, 0.25) is 0 Å². The summed E-state index contributed by atoms with van der Waals surface area (Å²) in [5, 5.41) is 8.88. The molecule has 0 aliphatic carbocycles. The van der Waals surface area contributed by atoms with Crippen molar-refractivity contribution in [2.75, 3.05) is 5.54 Å². The summed E-state index contributed by atoms with van der Waals surface area (Å²) < 4.78 is 12.6. The summed E-state index contributed by atoms with van der Waals surface area (Å²) in [4.78, 5) is 10.9. The quantitative estimate of drug-likeness (QED) is 0.739. The fourth-order valence-electron chi connectivity index (χ4n) is 1.46. The van der Waals surface area contributed by atoms with Crippen molar-refractivity contribution in [2.45, 2.75) is 26.2 Å². The number of halogens is 1. The zero-order chi connectivity index (χ0) is 11.6. The molecule has 0 heterocycles. The van der Waals surface area contributed by atoms with Crippen LogP contribution in [0.5, 0.6) is 0 Å². The van der Waals surface area contributed by atoms with Crippen LogP contribution in [0.1, 0.15) is 36.7 Å². The van der Waals surface area contributed by atoms with Gasteiger partial charge < -0.3 is 5.11 Å². The molecular weight excluding hydrogens is 197 g/mol. The molecule has 0 bridgehead atoms. The van der Waals surface area contributed by atoms with Gasteiger partial charge in [0.2, 0.25) is 0 Å². The molecule has 1 aromatic carbocycles. The third kappa shape index (κ3) is 2.26. The molecule has 4 heteroatoms. The third-order valence-electron chi connectivity index (χ3n) is 2.20. The van der Waals surface area contributed by atoms with Crippen molar-refractivity contribution in [3.8, 4) is 0 Å². The molecule has 15 heavy (non-hydrogen) atoms. The van der Waals surface area contributed by atoms with E-state index in [4.69, 9.17) is 5.11 Å². The second-order valence-electron chi connectivity index (χ2n) is 4.38. The highest BCUT2D eigenvalue weighted by Crippen LogP contribution is 2.32. The number of para-hydroxylation sites is 1. The highest BCUT2D eigenvalue weighted by atomic mass is 19.2. The van der Waals surface area contributed by atoms with Crippen molar-refractivity contribution in [1.29, 1.82) is 0 Å². The van der Waals surface area contributed by atoms with E-state index in [9.17, 15) is 9.28 Å². The van der Waals surface area contributed by atoms with Gasteiger partial charge in [0.05, 0.1) is 11.3 Å². The first-order valence-corrected chi connectivity index (χ1v) is 4.61. The topological polar surface area (TPSA) is 49.3 Å². The van der Waals surface area contributed by atoms with Crippen LogP contribution in [-0.2, 0) is 5.41 Å². The summed E-state index contributed by atoms with van der Waals surface area (Å²) in [5.74, 6) is -1.14. The Morgan fingerprint density at radius 2 is 2.00 bits per heavy atom. The van der Waals surface area contributed by atoms with Crippen LogP contribution in [-0.4, -0.2) is 11.1 Å². The SMILES string of the molecule is CC(C)(C)c1cccc(C(=O)O)c1NF. The zero-order valence-electron chi connectivity index (χ0n) is 8.97. The maximum atomic E-state index is 12.6. The van der Waals surface area contributed by atoms with Crippen LogP contribution in [0.25, 0.3) is 0 Å². The third-order valence-corrected chi connectivity index (χ3v) is 2.20. The molecule has 1 rings (SSSR count). The predicted molar refractivity (Wildman–Crippen MR) is 56.8 cm³/mol. The molecule has 0 amide bonds. The van der Waals surface area contributed by atoms with Crippen LogP contribution in [0, 0.1) is 0 Å². The molecule has 0 spiro atoms. The molecule has 0 unspecified atom stereocenters. The average molecular weight is 211 g/mol. The number of hydrogen-bond donors (Lipinski definition) is 2. The molecule has 0 saturated heterocycles. The van der Waals surface area contributed by atoms with Crippen molar-refractivity contribution in [2.24, 2.45) is 0 Å². The Morgan fingerprint density at radius 3 is 2.40 bits per heavy atom. The zero-order valence-corrected chi connectivity index (χ0v) is 8.97. The van der Waals surface area contributed by atoms with Gasteiger partial charge in [-0.3, -0.25) is 0 Å². The van der Waals surface area contributed by atoms with Gasteiger partial charge in [-0.15, -0.1) is 4.48 Å². The molecule has 0 aromatic heterocycles. The maximum Gasteiger partial charge on any atom is 0.337 e. The van der Waals surface area contributed by atoms with Crippen LogP contribution in [0.4, 0.5) is 10.2 Å². The number of carboxylic acids is 1. The molecule has 82 valence electrons. The molecule has 2 N–H and O–H groups in total. The Kier molecular flexibility index (Phi) is 2.98. The predicted octanol–water partition coefficient (Wildman–Crippen LogP) is 2.98. The minimum atomic E-state index is -1.14. The minimum Gasteiger partial charge on any atom is -0.478 e. The first kappa shape index (κ1) is 11.5. The van der Waals surface area contributed by atoms with E-state index >= 15 is 0 Å². The molecule has 0 atom stereocenters. The van der Waals surface area contributed by atoms with E-state index in [1.165, 1.54) is 11.6 Å². The van der Waals surface area contributed by atoms with E-state index in [0.717, 1.165) is 0 Å². The van der Waals surface area contributed by atoms with Gasteiger partial charge in [-0.1, -0.05) is 32.9 Å². The number of anilines is 1. The average Bonchev–Trinajstić information content (AvgIpc) is 2.15. The molecule has 1 aromatic rings. The summed E-state index contributed by atoms with van der Waals surface area (Å²) in [5.41, 5.74) is 1.80. The van der Waals surface area contributed by atoms with Gasteiger partial charge in [-0.25, -0.2) is 10.3 Å². The largest absolute Gasteiger partial charge is 0.478 e. The summed E-state index contributed by atoms with van der Waals surface area (Å²) in [6.07, 6.45) is 0. The smallest absolute Gasteiger partial charge is 0.337 e. The molecule has 0 aliphatic heterocycles. The number of hydrogen-bond acceptors (Lipinski definition) is 2.